The molecule has 0 saturated heterocycles. The number of nitrogens with two attached hydrogens (primary N) is 1. The molecule has 0 bridgehead atoms. The molecule has 1 unspecified atom stereocenters. The lowest BCUT2D eigenvalue weighted by Crippen LogP contribution is -2.20. The number of nitrogens with zero attached hydrogens (tertiary/aromatic N) is 1. The van der Waals surface area contributed by atoms with Gasteiger partial charge < -0.3 is 11.1 Å². The number of anilines is 1. The average Bonchev–Trinajstić information content (AvgIpc) is 2.58. The third-order valence-electron chi connectivity index (χ3n) is 2.98. The van der Waals surface area contributed by atoms with Gasteiger partial charge in [-0.15, -0.1) is 11.3 Å². The fourth-order valence-electron chi connectivity index (χ4n) is 2.27. The Morgan fingerprint density at radius 1 is 1.69 bits per heavy atom. The summed E-state index contributed by atoms with van der Waals surface area (Å²) in [4.78, 5) is 5.85. The van der Waals surface area contributed by atoms with Crippen LogP contribution in [0.2, 0.25) is 0 Å². The van der Waals surface area contributed by atoms with Crippen molar-refractivity contribution < 1.29 is 0 Å². The van der Waals surface area contributed by atoms with Crippen LogP contribution in [0.4, 0.5) is 5.13 Å². The van der Waals surface area contributed by atoms with E-state index in [2.05, 4.69) is 17.2 Å². The van der Waals surface area contributed by atoms with E-state index in [1.54, 1.807) is 11.3 Å². The first-order chi connectivity index (χ1) is 7.69. The molecule has 1 aromatic heterocycles. The SMILES string of the molecule is CCCC1CCc2nc(NC(=N)N)sc2C1. The molecule has 0 aliphatic heterocycles. The molecule has 0 saturated carbocycles. The molecular weight excluding hydrogens is 220 g/mol. The van der Waals surface area contributed by atoms with Crippen molar-refractivity contribution in [1.82, 2.24) is 4.98 Å². The zero-order valence-electron chi connectivity index (χ0n) is 9.55. The molecular formula is C11H18N4S. The van der Waals surface area contributed by atoms with Gasteiger partial charge in [0, 0.05) is 4.88 Å². The van der Waals surface area contributed by atoms with E-state index in [1.807, 2.05) is 0 Å². The summed E-state index contributed by atoms with van der Waals surface area (Å²) in [5, 5.41) is 10.7. The van der Waals surface area contributed by atoms with Crippen LogP contribution in [0.15, 0.2) is 0 Å². The van der Waals surface area contributed by atoms with Gasteiger partial charge >= 0.3 is 0 Å². The molecule has 16 heavy (non-hydrogen) atoms. The monoisotopic (exact) mass is 238 g/mol. The second-order valence-electron chi connectivity index (χ2n) is 4.33. The van der Waals surface area contributed by atoms with Crippen molar-refractivity contribution in [2.45, 2.75) is 39.0 Å². The van der Waals surface area contributed by atoms with E-state index in [0.717, 1.165) is 23.9 Å². The predicted octanol–water partition coefficient (Wildman–Crippen LogP) is 2.35. The van der Waals surface area contributed by atoms with Crippen LogP contribution in [0.5, 0.6) is 0 Å². The van der Waals surface area contributed by atoms with Crippen LogP contribution < -0.4 is 11.1 Å². The molecule has 0 aromatic carbocycles. The summed E-state index contributed by atoms with van der Waals surface area (Å²) in [7, 11) is 0. The topological polar surface area (TPSA) is 74.8 Å². The predicted molar refractivity (Wildman–Crippen MR) is 68.1 cm³/mol. The lowest BCUT2D eigenvalue weighted by atomic mass is 9.88. The van der Waals surface area contributed by atoms with Crippen molar-refractivity contribution in [2.75, 3.05) is 5.32 Å². The van der Waals surface area contributed by atoms with Gasteiger partial charge in [0.2, 0.25) is 0 Å². The Labute approximate surface area is 99.8 Å². The van der Waals surface area contributed by atoms with Crippen molar-refractivity contribution >= 4 is 22.4 Å². The van der Waals surface area contributed by atoms with E-state index >= 15 is 0 Å². The Hall–Kier alpha value is -1.10. The highest BCUT2D eigenvalue weighted by Gasteiger charge is 2.21. The van der Waals surface area contributed by atoms with E-state index < -0.39 is 0 Å². The van der Waals surface area contributed by atoms with E-state index in [4.69, 9.17) is 11.1 Å². The summed E-state index contributed by atoms with van der Waals surface area (Å²) in [5.74, 6) is 0.791. The number of hydrogen-bond donors (Lipinski definition) is 3. The molecule has 0 radical (unpaired) electrons. The van der Waals surface area contributed by atoms with Crippen LogP contribution in [0.3, 0.4) is 0 Å². The van der Waals surface area contributed by atoms with Crippen LogP contribution in [-0.2, 0) is 12.8 Å². The first-order valence-electron chi connectivity index (χ1n) is 5.78. The van der Waals surface area contributed by atoms with Gasteiger partial charge in [0.15, 0.2) is 11.1 Å². The van der Waals surface area contributed by atoms with E-state index in [-0.39, 0.29) is 5.96 Å². The molecule has 0 fully saturated rings. The normalized spacial score (nSPS) is 19.2. The molecule has 5 heteroatoms. The minimum Gasteiger partial charge on any atom is -0.370 e. The van der Waals surface area contributed by atoms with Crippen molar-refractivity contribution in [2.24, 2.45) is 11.7 Å². The van der Waals surface area contributed by atoms with Gasteiger partial charge in [0.05, 0.1) is 5.69 Å². The first-order valence-corrected chi connectivity index (χ1v) is 6.60. The molecule has 1 aliphatic rings. The van der Waals surface area contributed by atoms with Crippen molar-refractivity contribution in [1.29, 1.82) is 5.41 Å². The Balaban J connectivity index is 2.07. The summed E-state index contributed by atoms with van der Waals surface area (Å²) in [5.41, 5.74) is 6.51. The lowest BCUT2D eigenvalue weighted by Gasteiger charge is -2.19. The van der Waals surface area contributed by atoms with Gasteiger partial charge in [-0.05, 0) is 25.2 Å². The maximum absolute atomic E-state index is 7.18. The molecule has 1 atom stereocenters. The summed E-state index contributed by atoms with van der Waals surface area (Å²) < 4.78 is 0. The van der Waals surface area contributed by atoms with Crippen LogP contribution in [0.1, 0.15) is 36.8 Å². The standard InChI is InChI=1S/C11H18N4S/c1-2-3-7-4-5-8-9(6-7)16-11(14-8)15-10(12)13/h7H,2-6H2,1H3,(H4,12,13,14,15). The summed E-state index contributed by atoms with van der Waals surface area (Å²) in [6.07, 6.45) is 6.06. The Bertz CT molecular complexity index is 385. The number of fused-ring (bicyclic) bond motifs is 1. The number of thiazole rings is 1. The highest BCUT2D eigenvalue weighted by molar-refractivity contribution is 7.15. The van der Waals surface area contributed by atoms with E-state index in [0.29, 0.717) is 0 Å². The Morgan fingerprint density at radius 3 is 3.19 bits per heavy atom. The largest absolute Gasteiger partial charge is 0.370 e. The molecule has 4 N–H and O–H groups in total. The van der Waals surface area contributed by atoms with Crippen LogP contribution in [0, 0.1) is 11.3 Å². The molecule has 1 aromatic rings. The molecule has 2 rings (SSSR count). The number of aromatic nitrogens is 1. The zero-order valence-corrected chi connectivity index (χ0v) is 10.4. The highest BCUT2D eigenvalue weighted by atomic mass is 32.1. The van der Waals surface area contributed by atoms with Gasteiger partial charge in [-0.1, -0.05) is 19.8 Å². The average molecular weight is 238 g/mol. The number of nitrogens with one attached hydrogen (secondary N) is 2. The number of guanidine groups is 1. The first kappa shape index (κ1) is 11.4. The summed E-state index contributed by atoms with van der Waals surface area (Å²) in [6, 6.07) is 0. The van der Waals surface area contributed by atoms with Gasteiger partial charge in [0.1, 0.15) is 0 Å². The van der Waals surface area contributed by atoms with Crippen LogP contribution in [-0.4, -0.2) is 10.9 Å². The minimum atomic E-state index is -0.0313. The van der Waals surface area contributed by atoms with Crippen molar-refractivity contribution in [3.8, 4) is 0 Å². The fraction of sp³-hybridized carbons (Fsp3) is 0.636. The van der Waals surface area contributed by atoms with Gasteiger partial charge in [-0.2, -0.15) is 0 Å². The number of hydrogen-bond acceptors (Lipinski definition) is 3. The Kier molecular flexibility index (Phi) is 3.43. The highest BCUT2D eigenvalue weighted by Crippen LogP contribution is 2.33. The number of rotatable bonds is 3. The third-order valence-corrected chi connectivity index (χ3v) is 4.02. The molecule has 1 aliphatic carbocycles. The van der Waals surface area contributed by atoms with Crippen molar-refractivity contribution in [3.05, 3.63) is 10.6 Å². The maximum atomic E-state index is 7.18. The van der Waals surface area contributed by atoms with Crippen molar-refractivity contribution in [3.63, 3.8) is 0 Å². The molecule has 0 amide bonds. The summed E-state index contributed by atoms with van der Waals surface area (Å²) >= 11 is 1.65. The maximum Gasteiger partial charge on any atom is 0.192 e. The minimum absolute atomic E-state index is 0.0313. The molecule has 4 nitrogen and oxygen atoms in total. The smallest absolute Gasteiger partial charge is 0.192 e. The summed E-state index contributed by atoms with van der Waals surface area (Å²) in [6.45, 7) is 2.24. The number of aryl methyl sites for hydroxylation is 1. The van der Waals surface area contributed by atoms with E-state index in [9.17, 15) is 0 Å². The molecule has 1 heterocycles. The third kappa shape index (κ3) is 2.52. The van der Waals surface area contributed by atoms with Gasteiger partial charge in [-0.3, -0.25) is 5.41 Å². The fourth-order valence-corrected chi connectivity index (χ4v) is 3.40. The second-order valence-corrected chi connectivity index (χ2v) is 5.41. The quantitative estimate of drug-likeness (QED) is 0.559. The van der Waals surface area contributed by atoms with E-state index in [1.165, 1.54) is 29.8 Å². The second kappa shape index (κ2) is 4.82. The van der Waals surface area contributed by atoms with Crippen LogP contribution in [0.25, 0.3) is 0 Å². The molecule has 88 valence electrons. The lowest BCUT2D eigenvalue weighted by molar-refractivity contribution is 0.424. The van der Waals surface area contributed by atoms with Crippen LogP contribution >= 0.6 is 11.3 Å². The van der Waals surface area contributed by atoms with Gasteiger partial charge in [0.25, 0.3) is 0 Å². The Morgan fingerprint density at radius 2 is 2.50 bits per heavy atom. The van der Waals surface area contributed by atoms with Gasteiger partial charge in [-0.25, -0.2) is 4.98 Å². The zero-order chi connectivity index (χ0) is 11.5. The molecule has 0 spiro atoms.